The average molecular weight is 228 g/mol. The Kier molecular flexibility index (Phi) is 4.33. The fraction of sp³-hybridized carbons (Fsp3) is 0.917. The Morgan fingerprint density at radius 1 is 1.56 bits per heavy atom. The number of ether oxygens (including phenoxy) is 1. The molecule has 1 rings (SSSR count). The fourth-order valence-corrected chi connectivity index (χ4v) is 1.87. The van der Waals surface area contributed by atoms with Gasteiger partial charge >= 0.3 is 0 Å². The van der Waals surface area contributed by atoms with E-state index in [-0.39, 0.29) is 11.3 Å². The summed E-state index contributed by atoms with van der Waals surface area (Å²) in [4.78, 5) is 11.8. The van der Waals surface area contributed by atoms with Crippen LogP contribution in [0.3, 0.4) is 0 Å². The Bertz CT molecular complexity index is 245. The predicted molar refractivity (Wildman–Crippen MR) is 64.3 cm³/mol. The highest BCUT2D eigenvalue weighted by atomic mass is 16.5. The number of hydrogen-bond acceptors (Lipinski definition) is 3. The van der Waals surface area contributed by atoms with Crippen LogP contribution in [0.25, 0.3) is 0 Å². The second-order valence-electron chi connectivity index (χ2n) is 5.49. The van der Waals surface area contributed by atoms with E-state index in [9.17, 15) is 4.79 Å². The SMILES string of the molecule is COC(C)(C)C(=O)NCC1(C)CCCNC1. The van der Waals surface area contributed by atoms with Crippen LogP contribution >= 0.6 is 0 Å². The van der Waals surface area contributed by atoms with Gasteiger partial charge in [-0.2, -0.15) is 0 Å². The molecule has 16 heavy (non-hydrogen) atoms. The molecule has 1 aliphatic heterocycles. The minimum atomic E-state index is -0.738. The number of amides is 1. The third kappa shape index (κ3) is 3.46. The third-order valence-electron chi connectivity index (χ3n) is 3.42. The lowest BCUT2D eigenvalue weighted by molar-refractivity contribution is -0.140. The summed E-state index contributed by atoms with van der Waals surface area (Å²) in [5, 5.41) is 6.35. The van der Waals surface area contributed by atoms with Crippen LogP contribution in [0.2, 0.25) is 0 Å². The molecular formula is C12H24N2O2. The molecule has 0 aromatic heterocycles. The molecule has 1 unspecified atom stereocenters. The van der Waals surface area contributed by atoms with Crippen molar-refractivity contribution in [2.75, 3.05) is 26.7 Å². The van der Waals surface area contributed by atoms with E-state index in [1.807, 2.05) is 0 Å². The monoisotopic (exact) mass is 228 g/mol. The number of carbonyl (C=O) groups excluding carboxylic acids is 1. The van der Waals surface area contributed by atoms with Crippen LogP contribution in [0, 0.1) is 5.41 Å². The second kappa shape index (κ2) is 5.15. The molecule has 0 aliphatic carbocycles. The molecule has 4 heteroatoms. The van der Waals surface area contributed by atoms with Gasteiger partial charge in [0.05, 0.1) is 0 Å². The molecular weight excluding hydrogens is 204 g/mol. The van der Waals surface area contributed by atoms with Crippen molar-refractivity contribution in [2.45, 2.75) is 39.2 Å². The van der Waals surface area contributed by atoms with Gasteiger partial charge in [0.1, 0.15) is 5.60 Å². The first-order chi connectivity index (χ1) is 7.40. The molecule has 0 radical (unpaired) electrons. The first-order valence-corrected chi connectivity index (χ1v) is 5.94. The maximum Gasteiger partial charge on any atom is 0.251 e. The zero-order valence-electron chi connectivity index (χ0n) is 10.9. The van der Waals surface area contributed by atoms with Gasteiger partial charge in [0.15, 0.2) is 0 Å². The summed E-state index contributed by atoms with van der Waals surface area (Å²) in [5.74, 6) is -0.0400. The summed E-state index contributed by atoms with van der Waals surface area (Å²) in [6, 6.07) is 0. The van der Waals surface area contributed by atoms with E-state index in [1.54, 1.807) is 21.0 Å². The Hall–Kier alpha value is -0.610. The first-order valence-electron chi connectivity index (χ1n) is 5.94. The molecule has 4 nitrogen and oxygen atoms in total. The Morgan fingerprint density at radius 2 is 2.25 bits per heavy atom. The Labute approximate surface area is 98.1 Å². The van der Waals surface area contributed by atoms with E-state index in [1.165, 1.54) is 6.42 Å². The van der Waals surface area contributed by atoms with Crippen LogP contribution in [-0.2, 0) is 9.53 Å². The van der Waals surface area contributed by atoms with Gasteiger partial charge in [0.2, 0.25) is 0 Å². The first kappa shape index (κ1) is 13.5. The molecule has 1 heterocycles. The van der Waals surface area contributed by atoms with Crippen LogP contribution in [0.5, 0.6) is 0 Å². The molecule has 1 aliphatic rings. The molecule has 1 amide bonds. The van der Waals surface area contributed by atoms with E-state index >= 15 is 0 Å². The van der Waals surface area contributed by atoms with Gasteiger partial charge in [-0.25, -0.2) is 0 Å². The number of nitrogens with one attached hydrogen (secondary N) is 2. The molecule has 0 aromatic carbocycles. The summed E-state index contributed by atoms with van der Waals surface area (Å²) >= 11 is 0. The van der Waals surface area contributed by atoms with Crippen LogP contribution in [0.4, 0.5) is 0 Å². The van der Waals surface area contributed by atoms with Crippen molar-refractivity contribution in [1.82, 2.24) is 10.6 Å². The van der Waals surface area contributed by atoms with Gasteiger partial charge in [-0.1, -0.05) is 6.92 Å². The quantitative estimate of drug-likeness (QED) is 0.752. The lowest BCUT2D eigenvalue weighted by Crippen LogP contribution is -2.50. The molecule has 0 aromatic rings. The topological polar surface area (TPSA) is 50.4 Å². The third-order valence-corrected chi connectivity index (χ3v) is 3.42. The van der Waals surface area contributed by atoms with Crippen LogP contribution in [-0.4, -0.2) is 38.3 Å². The van der Waals surface area contributed by atoms with Gasteiger partial charge in [-0.3, -0.25) is 4.79 Å². The number of rotatable bonds is 4. The molecule has 0 bridgehead atoms. The van der Waals surface area contributed by atoms with Crippen molar-refractivity contribution in [2.24, 2.45) is 5.41 Å². The molecule has 0 spiro atoms. The van der Waals surface area contributed by atoms with Crippen molar-refractivity contribution in [3.63, 3.8) is 0 Å². The molecule has 1 saturated heterocycles. The maximum atomic E-state index is 11.8. The van der Waals surface area contributed by atoms with Gasteiger partial charge in [-0.15, -0.1) is 0 Å². The smallest absolute Gasteiger partial charge is 0.251 e. The zero-order chi connectivity index (χ0) is 12.2. The summed E-state index contributed by atoms with van der Waals surface area (Å²) < 4.78 is 5.14. The lowest BCUT2D eigenvalue weighted by atomic mass is 9.82. The van der Waals surface area contributed by atoms with E-state index in [2.05, 4.69) is 17.6 Å². The van der Waals surface area contributed by atoms with Crippen molar-refractivity contribution in [1.29, 1.82) is 0 Å². The highest BCUT2D eigenvalue weighted by molar-refractivity contribution is 5.84. The zero-order valence-corrected chi connectivity index (χ0v) is 10.9. The van der Waals surface area contributed by atoms with Crippen LogP contribution in [0.15, 0.2) is 0 Å². The van der Waals surface area contributed by atoms with Gasteiger partial charge in [0, 0.05) is 20.2 Å². The van der Waals surface area contributed by atoms with E-state index in [0.29, 0.717) is 6.54 Å². The average Bonchev–Trinajstić information content (AvgIpc) is 2.27. The summed E-state index contributed by atoms with van der Waals surface area (Å²) in [6.07, 6.45) is 2.34. The Balaban J connectivity index is 2.41. The van der Waals surface area contributed by atoms with E-state index in [0.717, 1.165) is 19.5 Å². The van der Waals surface area contributed by atoms with E-state index < -0.39 is 5.60 Å². The minimum Gasteiger partial charge on any atom is -0.369 e. The van der Waals surface area contributed by atoms with Crippen LogP contribution < -0.4 is 10.6 Å². The van der Waals surface area contributed by atoms with Crippen molar-refractivity contribution >= 4 is 5.91 Å². The summed E-state index contributed by atoms with van der Waals surface area (Å²) in [6.45, 7) is 8.55. The van der Waals surface area contributed by atoms with Gasteiger partial charge in [0.25, 0.3) is 5.91 Å². The largest absolute Gasteiger partial charge is 0.369 e. The number of carbonyl (C=O) groups is 1. The highest BCUT2D eigenvalue weighted by Gasteiger charge is 2.31. The summed E-state index contributed by atoms with van der Waals surface area (Å²) in [7, 11) is 1.56. The fourth-order valence-electron chi connectivity index (χ4n) is 1.87. The van der Waals surface area contributed by atoms with Gasteiger partial charge < -0.3 is 15.4 Å². The van der Waals surface area contributed by atoms with E-state index in [4.69, 9.17) is 4.74 Å². The molecule has 1 fully saturated rings. The number of piperidine rings is 1. The minimum absolute atomic E-state index is 0.0400. The summed E-state index contributed by atoms with van der Waals surface area (Å²) in [5.41, 5.74) is -0.559. The van der Waals surface area contributed by atoms with Crippen LogP contribution in [0.1, 0.15) is 33.6 Å². The van der Waals surface area contributed by atoms with Gasteiger partial charge in [-0.05, 0) is 38.6 Å². The molecule has 94 valence electrons. The van der Waals surface area contributed by atoms with Crippen molar-refractivity contribution < 1.29 is 9.53 Å². The standard InChI is InChI=1S/C12H24N2O2/c1-11(2,16-4)10(15)14-9-12(3)6-5-7-13-8-12/h13H,5-9H2,1-4H3,(H,14,15). The van der Waals surface area contributed by atoms with Crippen molar-refractivity contribution in [3.8, 4) is 0 Å². The second-order valence-corrected chi connectivity index (χ2v) is 5.49. The maximum absolute atomic E-state index is 11.8. The molecule has 2 N–H and O–H groups in total. The molecule has 1 atom stereocenters. The number of hydrogen-bond donors (Lipinski definition) is 2. The Morgan fingerprint density at radius 3 is 2.75 bits per heavy atom. The molecule has 0 saturated carbocycles. The normalized spacial score (nSPS) is 26.5. The van der Waals surface area contributed by atoms with Crippen molar-refractivity contribution in [3.05, 3.63) is 0 Å². The lowest BCUT2D eigenvalue weighted by Gasteiger charge is -2.35. The number of methoxy groups -OCH3 is 1. The highest BCUT2D eigenvalue weighted by Crippen LogP contribution is 2.24. The predicted octanol–water partition coefficient (Wildman–Crippen LogP) is 0.917.